The summed E-state index contributed by atoms with van der Waals surface area (Å²) < 4.78 is 100. The largest absolute Gasteiger partial charge is 0.485 e. The molecule has 0 bridgehead atoms. The first-order valence-electron chi connectivity index (χ1n) is 19.3. The van der Waals surface area contributed by atoms with Gasteiger partial charge >= 0.3 is 12.4 Å². The summed E-state index contributed by atoms with van der Waals surface area (Å²) in [6.45, 7) is 2.84. The third-order valence-electron chi connectivity index (χ3n) is 9.73. The molecule has 4 heterocycles. The van der Waals surface area contributed by atoms with Gasteiger partial charge in [0.05, 0.1) is 34.9 Å². The Morgan fingerprint density at radius 2 is 0.952 bits per heavy atom. The lowest BCUT2D eigenvalue weighted by Gasteiger charge is -2.27. The number of fused-ring (bicyclic) bond motifs is 2. The molecule has 0 radical (unpaired) electrons. The molecule has 2 atom stereocenters. The number of alkyl halides is 6. The van der Waals surface area contributed by atoms with Crippen LogP contribution in [0, 0.1) is 0 Å². The molecule has 0 spiro atoms. The van der Waals surface area contributed by atoms with Crippen LogP contribution in [0.15, 0.2) is 122 Å². The van der Waals surface area contributed by atoms with Gasteiger partial charge in [-0.05, 0) is 121 Å². The van der Waals surface area contributed by atoms with Gasteiger partial charge in [-0.15, -0.1) is 0 Å². The van der Waals surface area contributed by atoms with Crippen LogP contribution in [-0.4, -0.2) is 21.8 Å². The second kappa shape index (κ2) is 18.3. The number of aryl methyl sites for hydroxylation is 2. The number of hydrogen-bond donors (Lipinski definition) is 2. The molecule has 0 fully saturated rings. The zero-order valence-corrected chi connectivity index (χ0v) is 33.1. The molecule has 2 aliphatic heterocycles. The molecule has 0 saturated carbocycles. The molecule has 2 aliphatic rings. The topological polar surface area (TPSA) is 121 Å². The van der Waals surface area contributed by atoms with E-state index in [1.807, 2.05) is 12.1 Å². The maximum absolute atomic E-state index is 12.8. The van der Waals surface area contributed by atoms with Crippen LogP contribution in [0.1, 0.15) is 72.3 Å². The maximum Gasteiger partial charge on any atom is 0.416 e. The molecule has 10 nitrogen and oxygen atoms in total. The van der Waals surface area contributed by atoms with Crippen LogP contribution in [0.25, 0.3) is 0 Å². The van der Waals surface area contributed by atoms with Crippen molar-refractivity contribution in [2.75, 3.05) is 10.6 Å². The average molecular weight is 857 g/mol. The van der Waals surface area contributed by atoms with Crippen molar-refractivity contribution in [2.24, 2.45) is 0 Å². The maximum atomic E-state index is 12.8. The summed E-state index contributed by atoms with van der Waals surface area (Å²) in [4.78, 5) is 30.5. The molecule has 62 heavy (non-hydrogen) atoms. The minimum Gasteiger partial charge on any atom is -0.485 e. The molecule has 2 amide bonds. The highest BCUT2D eigenvalue weighted by Crippen LogP contribution is 2.40. The number of anilines is 2. The molecule has 6 aromatic rings. The van der Waals surface area contributed by atoms with Crippen molar-refractivity contribution >= 4 is 23.2 Å². The van der Waals surface area contributed by atoms with Gasteiger partial charge in [0.2, 0.25) is 23.6 Å². The van der Waals surface area contributed by atoms with Crippen LogP contribution in [0.3, 0.4) is 0 Å². The van der Waals surface area contributed by atoms with Crippen LogP contribution < -0.4 is 29.6 Å². The SMILES string of the molecule is CC(=O)Nc1ccc(Oc2ccc3c(c2)CCC(c2ccc(C(F)(F)F)cc2)O3)nc1.CC(=O)Nc1ccc(Oc2ccc3c(c2)CCC(c2ccc(C(F)(F)F)cc2)O3)nc1. The van der Waals surface area contributed by atoms with E-state index in [4.69, 9.17) is 18.9 Å². The first-order valence-corrected chi connectivity index (χ1v) is 19.3. The fourth-order valence-corrected chi connectivity index (χ4v) is 6.78. The summed E-state index contributed by atoms with van der Waals surface area (Å²) in [6.07, 6.45) is -3.60. The van der Waals surface area contributed by atoms with Gasteiger partial charge in [0.15, 0.2) is 0 Å². The van der Waals surface area contributed by atoms with Crippen LogP contribution in [0.4, 0.5) is 37.7 Å². The molecule has 2 aromatic heterocycles. The van der Waals surface area contributed by atoms with E-state index in [1.165, 1.54) is 50.5 Å². The Morgan fingerprint density at radius 3 is 1.27 bits per heavy atom. The number of halogens is 6. The van der Waals surface area contributed by atoms with E-state index in [2.05, 4.69) is 20.6 Å². The van der Waals surface area contributed by atoms with E-state index in [0.29, 0.717) is 82.9 Å². The standard InChI is InChI=1S/2C23H19F3N2O3/c2*1-14(29)28-18-7-11-22(27-13-18)30-19-8-10-21-16(12-19)4-9-20(31-21)15-2-5-17(6-3-15)23(24,25)26/h2*2-3,5-8,10-13,20H,4,9H2,1H3,(H,28,29). The Bertz CT molecular complexity index is 2340. The number of hydrogen-bond acceptors (Lipinski definition) is 8. The molecule has 0 saturated heterocycles. The molecule has 4 aromatic carbocycles. The van der Waals surface area contributed by atoms with Crippen molar-refractivity contribution in [1.29, 1.82) is 0 Å². The predicted octanol–water partition coefficient (Wildman–Crippen LogP) is 11.8. The molecule has 8 rings (SSSR count). The summed E-state index contributed by atoms with van der Waals surface area (Å²) in [5.74, 6) is 2.95. The van der Waals surface area contributed by atoms with E-state index in [9.17, 15) is 35.9 Å². The molecule has 16 heteroatoms. The fraction of sp³-hybridized carbons (Fsp3) is 0.217. The second-order valence-electron chi connectivity index (χ2n) is 14.4. The van der Waals surface area contributed by atoms with Crippen molar-refractivity contribution < 1.29 is 54.9 Å². The summed E-state index contributed by atoms with van der Waals surface area (Å²) in [7, 11) is 0. The molecule has 0 aliphatic carbocycles. The number of amides is 2. The van der Waals surface area contributed by atoms with E-state index in [-0.39, 0.29) is 24.0 Å². The Morgan fingerprint density at radius 1 is 0.565 bits per heavy atom. The predicted molar refractivity (Wildman–Crippen MR) is 216 cm³/mol. The minimum atomic E-state index is -4.35. The minimum absolute atomic E-state index is 0.181. The highest BCUT2D eigenvalue weighted by Gasteiger charge is 2.32. The van der Waals surface area contributed by atoms with E-state index in [0.717, 1.165) is 35.4 Å². The van der Waals surface area contributed by atoms with Gasteiger partial charge in [-0.25, -0.2) is 9.97 Å². The molecular formula is C46H38F6N4O6. The first kappa shape index (κ1) is 43.0. The van der Waals surface area contributed by atoms with Crippen molar-refractivity contribution in [3.63, 3.8) is 0 Å². The number of aromatic nitrogens is 2. The fourth-order valence-electron chi connectivity index (χ4n) is 6.78. The number of carbonyl (C=O) groups excluding carboxylic acids is 2. The van der Waals surface area contributed by atoms with Gasteiger partial charge < -0.3 is 29.6 Å². The number of nitrogens with zero attached hydrogens (tertiary/aromatic N) is 2. The van der Waals surface area contributed by atoms with Crippen LogP contribution in [-0.2, 0) is 34.8 Å². The molecule has 2 N–H and O–H groups in total. The third kappa shape index (κ3) is 11.2. The normalized spacial score (nSPS) is 15.5. The number of benzene rings is 4. The van der Waals surface area contributed by atoms with Gasteiger partial charge in [0.1, 0.15) is 35.2 Å². The smallest absolute Gasteiger partial charge is 0.416 e. The highest BCUT2D eigenvalue weighted by atomic mass is 19.4. The van der Waals surface area contributed by atoms with Crippen LogP contribution in [0.2, 0.25) is 0 Å². The number of rotatable bonds is 8. The highest BCUT2D eigenvalue weighted by molar-refractivity contribution is 5.88. The summed E-state index contributed by atoms with van der Waals surface area (Å²) in [6, 6.07) is 27.7. The zero-order chi connectivity index (χ0) is 44.0. The Hall–Kier alpha value is -7.10. The summed E-state index contributed by atoms with van der Waals surface area (Å²) in [5, 5.41) is 5.27. The average Bonchev–Trinajstić information content (AvgIpc) is 3.24. The Kier molecular flexibility index (Phi) is 12.7. The monoisotopic (exact) mass is 856 g/mol. The van der Waals surface area contributed by atoms with E-state index < -0.39 is 23.5 Å². The number of pyridine rings is 2. The Labute approximate surface area is 351 Å². The van der Waals surface area contributed by atoms with Gasteiger partial charge in [0, 0.05) is 26.0 Å². The molecule has 320 valence electrons. The summed E-state index contributed by atoms with van der Waals surface area (Å²) >= 11 is 0. The number of carbonyl (C=O) groups is 2. The molecule has 2 unspecified atom stereocenters. The van der Waals surface area contributed by atoms with Gasteiger partial charge in [0.25, 0.3) is 0 Å². The third-order valence-corrected chi connectivity index (χ3v) is 9.73. The first-order chi connectivity index (χ1) is 29.6. The van der Waals surface area contributed by atoms with Crippen LogP contribution in [0.5, 0.6) is 34.8 Å². The molecular weight excluding hydrogens is 819 g/mol. The zero-order valence-electron chi connectivity index (χ0n) is 33.1. The van der Waals surface area contributed by atoms with E-state index in [1.54, 1.807) is 48.5 Å². The van der Waals surface area contributed by atoms with Crippen molar-refractivity contribution in [3.05, 3.63) is 155 Å². The summed E-state index contributed by atoms with van der Waals surface area (Å²) in [5.41, 5.74) is 3.14. The van der Waals surface area contributed by atoms with Crippen LogP contribution >= 0.6 is 0 Å². The van der Waals surface area contributed by atoms with Crippen molar-refractivity contribution in [3.8, 4) is 34.8 Å². The van der Waals surface area contributed by atoms with Gasteiger partial charge in [-0.3, -0.25) is 9.59 Å². The lowest BCUT2D eigenvalue weighted by atomic mass is 9.96. The number of nitrogens with one attached hydrogen (secondary N) is 2. The van der Waals surface area contributed by atoms with E-state index >= 15 is 0 Å². The second-order valence-corrected chi connectivity index (χ2v) is 14.4. The quantitative estimate of drug-likeness (QED) is 0.145. The lowest BCUT2D eigenvalue weighted by Crippen LogP contribution is -2.15. The lowest BCUT2D eigenvalue weighted by molar-refractivity contribution is -0.138. The number of ether oxygens (including phenoxy) is 4. The Balaban J connectivity index is 0.000000186. The van der Waals surface area contributed by atoms with Crippen molar-refractivity contribution in [1.82, 2.24) is 9.97 Å². The van der Waals surface area contributed by atoms with Gasteiger partial charge in [-0.2, -0.15) is 26.3 Å². The van der Waals surface area contributed by atoms with Crippen molar-refractivity contribution in [2.45, 2.75) is 64.1 Å². The van der Waals surface area contributed by atoms with Gasteiger partial charge in [-0.1, -0.05) is 24.3 Å².